The maximum atomic E-state index is 13.8. The van der Waals surface area contributed by atoms with E-state index in [0.717, 1.165) is 5.52 Å². The smallest absolute Gasteiger partial charge is 0.321 e. The Morgan fingerprint density at radius 2 is 1.68 bits per heavy atom. The molecule has 1 aliphatic heterocycles. The quantitative estimate of drug-likeness (QED) is 0.385. The Balaban J connectivity index is 1.57. The summed E-state index contributed by atoms with van der Waals surface area (Å²) in [6.45, 7) is 2.14. The first-order valence-electron chi connectivity index (χ1n) is 12.0. The van der Waals surface area contributed by atoms with Crippen LogP contribution in [0.1, 0.15) is 25.5 Å². The van der Waals surface area contributed by atoms with Gasteiger partial charge in [-0.15, -0.1) is 0 Å². The number of halogens is 3. The standard InChI is InChI=1S/C28H25F3N4O3/c1-16-24(33-27(37)28(2,30)31)25(17-4-11-22(38-3)12-5-17)34(26(16)36)21-10-13-23-18(14-21)15-32-35(23)20-8-6-19(29)7-9-20/h4-16,24-25H,1-3H3,(H,33,37)/t16-,24-,25?/m0/s1. The molecule has 38 heavy (non-hydrogen) atoms. The van der Waals surface area contributed by atoms with Crippen LogP contribution in [0.3, 0.4) is 0 Å². The lowest BCUT2D eigenvalue weighted by molar-refractivity contribution is -0.144. The Hall–Kier alpha value is -4.34. The Labute approximate surface area is 216 Å². The Bertz CT molecular complexity index is 1500. The molecule has 1 aromatic heterocycles. The van der Waals surface area contributed by atoms with Gasteiger partial charge in [-0.3, -0.25) is 9.59 Å². The van der Waals surface area contributed by atoms with E-state index in [9.17, 15) is 22.8 Å². The number of fused-ring (bicyclic) bond motifs is 1. The Morgan fingerprint density at radius 1 is 1.03 bits per heavy atom. The van der Waals surface area contributed by atoms with Gasteiger partial charge in [-0.25, -0.2) is 9.07 Å². The molecule has 3 aromatic carbocycles. The number of amides is 2. The Kier molecular flexibility index (Phi) is 6.34. The summed E-state index contributed by atoms with van der Waals surface area (Å²) in [5.74, 6) is -5.91. The van der Waals surface area contributed by atoms with Crippen LogP contribution in [-0.2, 0) is 9.59 Å². The van der Waals surface area contributed by atoms with Crippen LogP contribution in [0.5, 0.6) is 5.75 Å². The minimum absolute atomic E-state index is 0.319. The third-order valence-corrected chi connectivity index (χ3v) is 6.84. The highest BCUT2D eigenvalue weighted by Crippen LogP contribution is 2.42. The van der Waals surface area contributed by atoms with E-state index in [1.165, 1.54) is 24.1 Å². The van der Waals surface area contributed by atoms with E-state index in [-0.39, 0.29) is 11.7 Å². The molecule has 0 saturated carbocycles. The summed E-state index contributed by atoms with van der Waals surface area (Å²) in [6, 6.07) is 16.5. The summed E-state index contributed by atoms with van der Waals surface area (Å²) in [5, 5.41) is 7.54. The van der Waals surface area contributed by atoms with Crippen molar-refractivity contribution in [3.63, 3.8) is 0 Å². The summed E-state index contributed by atoms with van der Waals surface area (Å²) in [6.07, 6.45) is 1.63. The van der Waals surface area contributed by atoms with Gasteiger partial charge in [0.1, 0.15) is 11.6 Å². The third kappa shape index (κ3) is 4.46. The molecule has 1 fully saturated rings. The van der Waals surface area contributed by atoms with Crippen molar-refractivity contribution in [3.8, 4) is 11.4 Å². The van der Waals surface area contributed by atoms with Crippen molar-refractivity contribution in [2.45, 2.75) is 31.9 Å². The molecular weight excluding hydrogens is 497 g/mol. The maximum absolute atomic E-state index is 13.8. The average Bonchev–Trinajstić information content (AvgIpc) is 3.42. The summed E-state index contributed by atoms with van der Waals surface area (Å²) in [5.41, 5.74) is 2.57. The van der Waals surface area contributed by atoms with E-state index < -0.39 is 29.8 Å². The number of hydrogen-bond acceptors (Lipinski definition) is 4. The summed E-state index contributed by atoms with van der Waals surface area (Å²) in [7, 11) is 1.52. The maximum Gasteiger partial charge on any atom is 0.321 e. The SMILES string of the molecule is COc1ccc(C2[C@@H](NC(=O)C(C)(F)F)[C@H](C)C(=O)N2c2ccc3c(cnn3-c3ccc(F)cc3)c2)cc1. The van der Waals surface area contributed by atoms with E-state index >= 15 is 0 Å². The number of benzene rings is 3. The minimum atomic E-state index is -3.60. The first kappa shape index (κ1) is 25.3. The molecule has 1 saturated heterocycles. The number of rotatable bonds is 6. The van der Waals surface area contributed by atoms with Gasteiger partial charge in [0.15, 0.2) is 0 Å². The van der Waals surface area contributed by atoms with Crippen LogP contribution in [0, 0.1) is 11.7 Å². The predicted octanol–water partition coefficient (Wildman–Crippen LogP) is 5.04. The second-order valence-corrected chi connectivity index (χ2v) is 9.38. The van der Waals surface area contributed by atoms with Crippen LogP contribution in [0.15, 0.2) is 72.9 Å². The fraction of sp³-hybridized carbons (Fsp3) is 0.250. The van der Waals surface area contributed by atoms with Gasteiger partial charge in [-0.1, -0.05) is 19.1 Å². The second kappa shape index (κ2) is 9.51. The largest absolute Gasteiger partial charge is 0.497 e. The number of nitrogens with one attached hydrogen (secondary N) is 1. The van der Waals surface area contributed by atoms with Crippen molar-refractivity contribution in [2.75, 3.05) is 12.0 Å². The molecule has 7 nitrogen and oxygen atoms in total. The zero-order chi connectivity index (χ0) is 27.2. The van der Waals surface area contributed by atoms with Crippen molar-refractivity contribution >= 4 is 28.4 Å². The molecule has 196 valence electrons. The van der Waals surface area contributed by atoms with Gasteiger partial charge in [0.2, 0.25) is 5.91 Å². The second-order valence-electron chi connectivity index (χ2n) is 9.38. The molecule has 2 amide bonds. The molecule has 0 radical (unpaired) electrons. The monoisotopic (exact) mass is 522 g/mol. The van der Waals surface area contributed by atoms with Gasteiger partial charge >= 0.3 is 5.92 Å². The van der Waals surface area contributed by atoms with Crippen molar-refractivity contribution in [1.82, 2.24) is 15.1 Å². The first-order valence-corrected chi connectivity index (χ1v) is 12.0. The molecule has 2 heterocycles. The van der Waals surface area contributed by atoms with E-state index in [2.05, 4.69) is 10.4 Å². The summed E-state index contributed by atoms with van der Waals surface area (Å²) >= 11 is 0. The van der Waals surface area contributed by atoms with Crippen LogP contribution in [-0.4, -0.2) is 40.7 Å². The number of anilines is 1. The van der Waals surface area contributed by atoms with Gasteiger partial charge < -0.3 is 15.0 Å². The number of aromatic nitrogens is 2. The lowest BCUT2D eigenvalue weighted by Crippen LogP contribution is -2.48. The zero-order valence-electron chi connectivity index (χ0n) is 20.9. The zero-order valence-corrected chi connectivity index (χ0v) is 20.9. The van der Waals surface area contributed by atoms with Crippen LogP contribution < -0.4 is 15.0 Å². The summed E-state index contributed by atoms with van der Waals surface area (Å²) < 4.78 is 47.9. The first-order chi connectivity index (χ1) is 18.1. The van der Waals surface area contributed by atoms with Crippen molar-refractivity contribution in [3.05, 3.63) is 84.3 Å². The molecule has 4 aromatic rings. The number of alkyl halides is 2. The lowest BCUT2D eigenvalue weighted by Gasteiger charge is -2.30. The number of carbonyl (C=O) groups is 2. The fourth-order valence-corrected chi connectivity index (χ4v) is 4.83. The molecule has 1 unspecified atom stereocenters. The molecule has 5 rings (SSSR count). The third-order valence-electron chi connectivity index (χ3n) is 6.84. The molecule has 3 atom stereocenters. The normalized spacial score (nSPS) is 19.7. The number of ether oxygens (including phenoxy) is 1. The van der Waals surface area contributed by atoms with Crippen LogP contribution in [0.2, 0.25) is 0 Å². The van der Waals surface area contributed by atoms with Crippen LogP contribution >= 0.6 is 0 Å². The van der Waals surface area contributed by atoms with Gasteiger partial charge in [0.25, 0.3) is 5.91 Å². The van der Waals surface area contributed by atoms with E-state index in [1.807, 2.05) is 0 Å². The highest BCUT2D eigenvalue weighted by molar-refractivity contribution is 6.01. The molecule has 1 N–H and O–H groups in total. The molecule has 1 aliphatic rings. The van der Waals surface area contributed by atoms with Crippen LogP contribution in [0.4, 0.5) is 18.9 Å². The lowest BCUT2D eigenvalue weighted by atomic mass is 9.94. The van der Waals surface area contributed by atoms with Crippen molar-refractivity contribution in [1.29, 1.82) is 0 Å². The van der Waals surface area contributed by atoms with E-state index in [0.29, 0.717) is 35.0 Å². The van der Waals surface area contributed by atoms with Gasteiger partial charge in [0.05, 0.1) is 42.5 Å². The summed E-state index contributed by atoms with van der Waals surface area (Å²) in [4.78, 5) is 27.4. The number of carbonyl (C=O) groups excluding carboxylic acids is 2. The molecule has 0 bridgehead atoms. The topological polar surface area (TPSA) is 76.5 Å². The van der Waals surface area contributed by atoms with Crippen molar-refractivity contribution < 1.29 is 27.5 Å². The molecule has 0 spiro atoms. The number of hydrogen-bond donors (Lipinski definition) is 1. The molecule has 0 aliphatic carbocycles. The fourth-order valence-electron chi connectivity index (χ4n) is 4.83. The number of nitrogens with zero attached hydrogens (tertiary/aromatic N) is 3. The van der Waals surface area contributed by atoms with Gasteiger partial charge in [0, 0.05) is 18.0 Å². The Morgan fingerprint density at radius 3 is 2.32 bits per heavy atom. The van der Waals surface area contributed by atoms with E-state index in [1.54, 1.807) is 72.4 Å². The predicted molar refractivity (Wildman–Crippen MR) is 136 cm³/mol. The molecular formula is C28H25F3N4O3. The number of methoxy groups -OCH3 is 1. The molecule has 10 heteroatoms. The highest BCUT2D eigenvalue weighted by Gasteiger charge is 2.49. The van der Waals surface area contributed by atoms with Gasteiger partial charge in [-0.05, 0) is 60.2 Å². The minimum Gasteiger partial charge on any atom is -0.497 e. The van der Waals surface area contributed by atoms with Crippen molar-refractivity contribution in [2.24, 2.45) is 5.92 Å². The van der Waals surface area contributed by atoms with Crippen LogP contribution in [0.25, 0.3) is 16.6 Å². The van der Waals surface area contributed by atoms with Gasteiger partial charge in [-0.2, -0.15) is 13.9 Å². The average molecular weight is 523 g/mol. The van der Waals surface area contributed by atoms with E-state index in [4.69, 9.17) is 4.74 Å². The highest BCUT2D eigenvalue weighted by atomic mass is 19.3.